The van der Waals surface area contributed by atoms with E-state index in [1.807, 2.05) is 18.2 Å². The number of para-hydroxylation sites is 1. The van der Waals surface area contributed by atoms with Crippen molar-refractivity contribution in [2.24, 2.45) is 0 Å². The second kappa shape index (κ2) is 5.25. The molecule has 1 atom stereocenters. The van der Waals surface area contributed by atoms with Crippen LogP contribution in [0.4, 0.5) is 0 Å². The van der Waals surface area contributed by atoms with Crippen LogP contribution in [0.3, 0.4) is 0 Å². The minimum absolute atomic E-state index is 0.134. The van der Waals surface area contributed by atoms with E-state index in [2.05, 4.69) is 40.2 Å². The molecule has 0 amide bonds. The monoisotopic (exact) mass is 318 g/mol. The summed E-state index contributed by atoms with van der Waals surface area (Å²) in [4.78, 5) is 0.134. The molecule has 0 fully saturated rings. The van der Waals surface area contributed by atoms with Crippen LogP contribution in [-0.4, -0.2) is 13.7 Å². The van der Waals surface area contributed by atoms with Gasteiger partial charge in [-0.05, 0) is 23.3 Å². The number of hydrogen-bond acceptors (Lipinski definition) is 2. The Hall–Kier alpha value is -1.48. The Morgan fingerprint density at radius 3 is 2.89 bits per heavy atom. The molecule has 0 aromatic heterocycles. The number of rotatable bonds is 3. The molecule has 1 unspecified atom stereocenters. The molecular weight excluding hydrogens is 304 g/mol. The summed E-state index contributed by atoms with van der Waals surface area (Å²) in [5, 5.41) is 0. The second-order valence-corrected chi connectivity index (χ2v) is 5.49. The van der Waals surface area contributed by atoms with Gasteiger partial charge in [-0.25, -0.2) is 0 Å². The summed E-state index contributed by atoms with van der Waals surface area (Å²) in [5.41, 5.74) is 3.66. The van der Waals surface area contributed by atoms with E-state index >= 15 is 0 Å². The molecular formula is C16H15BrO2. The zero-order chi connectivity index (χ0) is 13.2. The Morgan fingerprint density at radius 1 is 1.21 bits per heavy atom. The normalized spacial score (nSPS) is 14.6. The lowest BCUT2D eigenvalue weighted by Gasteiger charge is -2.15. The van der Waals surface area contributed by atoms with Gasteiger partial charge >= 0.3 is 0 Å². The van der Waals surface area contributed by atoms with Gasteiger partial charge < -0.3 is 9.47 Å². The van der Waals surface area contributed by atoms with Crippen molar-refractivity contribution in [2.45, 2.75) is 11.2 Å². The topological polar surface area (TPSA) is 18.5 Å². The third-order valence-electron chi connectivity index (χ3n) is 3.42. The predicted octanol–water partition coefficient (Wildman–Crippen LogP) is 4.11. The van der Waals surface area contributed by atoms with Crippen molar-refractivity contribution in [3.05, 3.63) is 59.2 Å². The predicted molar refractivity (Wildman–Crippen MR) is 79.4 cm³/mol. The minimum Gasteiger partial charge on any atom is -0.496 e. The number of benzene rings is 2. The number of hydrogen-bond donors (Lipinski definition) is 0. The molecule has 0 saturated heterocycles. The van der Waals surface area contributed by atoms with Gasteiger partial charge in [-0.15, -0.1) is 0 Å². The smallest absolute Gasteiger partial charge is 0.123 e. The summed E-state index contributed by atoms with van der Waals surface area (Å²) in [6.45, 7) is 0.792. The molecule has 0 aliphatic carbocycles. The Balaban J connectivity index is 1.97. The first-order chi connectivity index (χ1) is 9.29. The van der Waals surface area contributed by atoms with E-state index in [1.165, 1.54) is 11.1 Å². The highest BCUT2D eigenvalue weighted by atomic mass is 79.9. The van der Waals surface area contributed by atoms with Crippen LogP contribution in [0.1, 0.15) is 21.5 Å². The highest BCUT2D eigenvalue weighted by molar-refractivity contribution is 9.09. The van der Waals surface area contributed by atoms with Gasteiger partial charge in [0.25, 0.3) is 0 Å². The van der Waals surface area contributed by atoms with Gasteiger partial charge in [0.2, 0.25) is 0 Å². The quantitative estimate of drug-likeness (QED) is 0.793. The van der Waals surface area contributed by atoms with Crippen LogP contribution in [0.2, 0.25) is 0 Å². The van der Waals surface area contributed by atoms with Gasteiger partial charge in [0, 0.05) is 12.0 Å². The second-order valence-electron chi connectivity index (χ2n) is 4.57. The molecule has 2 aromatic carbocycles. The molecule has 2 nitrogen and oxygen atoms in total. The molecule has 0 spiro atoms. The summed E-state index contributed by atoms with van der Waals surface area (Å²) in [5.74, 6) is 1.92. The molecule has 3 heteroatoms. The Morgan fingerprint density at radius 2 is 2.05 bits per heavy atom. The molecule has 1 aliphatic heterocycles. The van der Waals surface area contributed by atoms with Crippen LogP contribution < -0.4 is 9.47 Å². The van der Waals surface area contributed by atoms with Crippen molar-refractivity contribution >= 4 is 15.9 Å². The van der Waals surface area contributed by atoms with Crippen LogP contribution in [0.5, 0.6) is 11.5 Å². The average molecular weight is 319 g/mol. The third kappa shape index (κ3) is 2.35. The first kappa shape index (κ1) is 12.5. The number of fused-ring (bicyclic) bond motifs is 1. The van der Waals surface area contributed by atoms with Crippen LogP contribution in [0.25, 0.3) is 0 Å². The van der Waals surface area contributed by atoms with Gasteiger partial charge in [-0.2, -0.15) is 0 Å². The first-order valence-corrected chi connectivity index (χ1v) is 7.24. The van der Waals surface area contributed by atoms with Crippen LogP contribution >= 0.6 is 15.9 Å². The molecule has 3 rings (SSSR count). The molecule has 0 saturated carbocycles. The molecule has 1 heterocycles. The zero-order valence-corrected chi connectivity index (χ0v) is 12.3. The molecule has 98 valence electrons. The molecule has 19 heavy (non-hydrogen) atoms. The maximum atomic E-state index is 5.54. The lowest BCUT2D eigenvalue weighted by Crippen LogP contribution is -1.97. The number of methoxy groups -OCH3 is 1. The van der Waals surface area contributed by atoms with E-state index in [0.717, 1.165) is 30.1 Å². The Kier molecular flexibility index (Phi) is 3.47. The Labute approximate surface area is 121 Å². The van der Waals surface area contributed by atoms with Crippen molar-refractivity contribution in [1.82, 2.24) is 0 Å². The van der Waals surface area contributed by atoms with Gasteiger partial charge in [-0.3, -0.25) is 0 Å². The summed E-state index contributed by atoms with van der Waals surface area (Å²) in [6, 6.07) is 14.5. The van der Waals surface area contributed by atoms with Gasteiger partial charge in [0.05, 0.1) is 18.5 Å². The molecule has 0 radical (unpaired) electrons. The first-order valence-electron chi connectivity index (χ1n) is 6.32. The van der Waals surface area contributed by atoms with E-state index in [4.69, 9.17) is 9.47 Å². The van der Waals surface area contributed by atoms with Crippen molar-refractivity contribution in [3.63, 3.8) is 0 Å². The fraction of sp³-hybridized carbons (Fsp3) is 0.250. The Bertz CT molecular complexity index is 595. The number of ether oxygens (including phenoxy) is 2. The fourth-order valence-corrected chi connectivity index (χ4v) is 3.08. The molecule has 2 aromatic rings. The van der Waals surface area contributed by atoms with Crippen molar-refractivity contribution in [3.8, 4) is 11.5 Å². The summed E-state index contributed by atoms with van der Waals surface area (Å²) < 4.78 is 11.0. The van der Waals surface area contributed by atoms with Crippen LogP contribution in [-0.2, 0) is 6.42 Å². The van der Waals surface area contributed by atoms with E-state index in [1.54, 1.807) is 7.11 Å². The largest absolute Gasteiger partial charge is 0.496 e. The van der Waals surface area contributed by atoms with Gasteiger partial charge in [0.15, 0.2) is 0 Å². The maximum Gasteiger partial charge on any atom is 0.123 e. The van der Waals surface area contributed by atoms with Crippen molar-refractivity contribution < 1.29 is 9.47 Å². The number of alkyl halides is 1. The van der Waals surface area contributed by atoms with Crippen molar-refractivity contribution in [1.29, 1.82) is 0 Å². The van der Waals surface area contributed by atoms with Crippen LogP contribution in [0.15, 0.2) is 42.5 Å². The number of halogens is 1. The lowest BCUT2D eigenvalue weighted by molar-refractivity contribution is 0.357. The summed E-state index contributed by atoms with van der Waals surface area (Å²) in [7, 11) is 1.70. The maximum absolute atomic E-state index is 5.54. The van der Waals surface area contributed by atoms with Gasteiger partial charge in [0.1, 0.15) is 11.5 Å². The van der Waals surface area contributed by atoms with E-state index < -0.39 is 0 Å². The van der Waals surface area contributed by atoms with E-state index in [0.29, 0.717) is 0 Å². The van der Waals surface area contributed by atoms with Crippen molar-refractivity contribution in [2.75, 3.05) is 13.7 Å². The van der Waals surface area contributed by atoms with Crippen LogP contribution in [0, 0.1) is 0 Å². The zero-order valence-electron chi connectivity index (χ0n) is 10.7. The summed E-state index contributed by atoms with van der Waals surface area (Å²) >= 11 is 3.77. The van der Waals surface area contributed by atoms with Gasteiger partial charge in [-0.1, -0.05) is 46.3 Å². The standard InChI is InChI=1S/C16H15BrO2/c1-18-15-5-3-2-4-13(15)16(17)12-6-7-14-11(10-12)8-9-19-14/h2-7,10,16H,8-9H2,1H3. The molecule has 0 bridgehead atoms. The lowest BCUT2D eigenvalue weighted by atomic mass is 10.0. The SMILES string of the molecule is COc1ccccc1C(Br)c1ccc2c(c1)CCO2. The average Bonchev–Trinajstić information content (AvgIpc) is 2.93. The highest BCUT2D eigenvalue weighted by Gasteiger charge is 2.18. The molecule has 1 aliphatic rings. The minimum atomic E-state index is 0.134. The molecule has 0 N–H and O–H groups in total. The summed E-state index contributed by atoms with van der Waals surface area (Å²) in [6.07, 6.45) is 0.995. The fourth-order valence-electron chi connectivity index (χ4n) is 2.42. The third-order valence-corrected chi connectivity index (χ3v) is 4.44. The van der Waals surface area contributed by atoms with E-state index in [9.17, 15) is 0 Å². The highest BCUT2D eigenvalue weighted by Crippen LogP contribution is 2.38. The van der Waals surface area contributed by atoms with E-state index in [-0.39, 0.29) is 4.83 Å².